The highest BCUT2D eigenvalue weighted by atomic mass is 16.5. The second-order valence-corrected chi connectivity index (χ2v) is 4.59. The predicted octanol–water partition coefficient (Wildman–Crippen LogP) is -0.939. The Morgan fingerprint density at radius 2 is 2.58 bits per heavy atom. The number of aliphatic hydroxyl groups is 1. The monoisotopic (exact) mass is 268 g/mol. The summed E-state index contributed by atoms with van der Waals surface area (Å²) in [6.07, 6.45) is 3.36. The maximum atomic E-state index is 12.5. The van der Waals surface area contributed by atoms with E-state index in [1.54, 1.807) is 17.3 Å². The van der Waals surface area contributed by atoms with Gasteiger partial charge in [0.15, 0.2) is 0 Å². The summed E-state index contributed by atoms with van der Waals surface area (Å²) in [7, 11) is 1.91. The topological polar surface area (TPSA) is 81.7 Å². The first-order chi connectivity index (χ1) is 9.22. The van der Waals surface area contributed by atoms with Crippen LogP contribution in [0.15, 0.2) is 12.4 Å². The van der Waals surface area contributed by atoms with Crippen LogP contribution >= 0.6 is 0 Å². The number of aromatic nitrogens is 2. The molecule has 2 rings (SSSR count). The van der Waals surface area contributed by atoms with Crippen LogP contribution in [-0.4, -0.2) is 76.8 Å². The van der Waals surface area contributed by atoms with Crippen molar-refractivity contribution in [2.45, 2.75) is 12.6 Å². The van der Waals surface area contributed by atoms with Crippen LogP contribution in [0.3, 0.4) is 0 Å². The summed E-state index contributed by atoms with van der Waals surface area (Å²) in [5.74, 6) is 0.675. The maximum absolute atomic E-state index is 12.5. The number of imidazole rings is 1. The second-order valence-electron chi connectivity index (χ2n) is 4.59. The third-order valence-corrected chi connectivity index (χ3v) is 3.26. The first-order valence-electron chi connectivity index (χ1n) is 6.38. The van der Waals surface area contributed by atoms with Gasteiger partial charge in [0.05, 0.1) is 26.4 Å². The number of hydrogen-bond donors (Lipinski definition) is 2. The van der Waals surface area contributed by atoms with Crippen LogP contribution < -0.4 is 0 Å². The molecule has 0 unspecified atom stereocenters. The molecule has 2 heterocycles. The number of H-pyrrole nitrogens is 1. The van der Waals surface area contributed by atoms with Crippen LogP contribution in [0.5, 0.6) is 0 Å². The van der Waals surface area contributed by atoms with Gasteiger partial charge in [-0.2, -0.15) is 0 Å². The molecule has 2 N–H and O–H groups in total. The Bertz CT molecular complexity index is 396. The van der Waals surface area contributed by atoms with E-state index in [2.05, 4.69) is 9.97 Å². The van der Waals surface area contributed by atoms with Gasteiger partial charge in [0.2, 0.25) is 5.91 Å². The summed E-state index contributed by atoms with van der Waals surface area (Å²) < 4.78 is 5.36. The molecule has 1 fully saturated rings. The zero-order chi connectivity index (χ0) is 13.7. The molecule has 0 aromatic carbocycles. The van der Waals surface area contributed by atoms with Gasteiger partial charge in [0.1, 0.15) is 11.9 Å². The zero-order valence-electron chi connectivity index (χ0n) is 11.1. The van der Waals surface area contributed by atoms with E-state index in [1.807, 2.05) is 11.9 Å². The highest BCUT2D eigenvalue weighted by Crippen LogP contribution is 2.10. The number of morpholine rings is 1. The highest BCUT2D eigenvalue weighted by Gasteiger charge is 2.30. The van der Waals surface area contributed by atoms with E-state index >= 15 is 0 Å². The van der Waals surface area contributed by atoms with Gasteiger partial charge in [-0.1, -0.05) is 0 Å². The Balaban J connectivity index is 2.02. The van der Waals surface area contributed by atoms with Crippen molar-refractivity contribution in [3.63, 3.8) is 0 Å². The summed E-state index contributed by atoms with van der Waals surface area (Å²) >= 11 is 0. The number of nitrogens with one attached hydrogen (secondary N) is 1. The van der Waals surface area contributed by atoms with Crippen LogP contribution in [0.1, 0.15) is 5.82 Å². The van der Waals surface area contributed by atoms with Crippen LogP contribution in [0.4, 0.5) is 0 Å². The molecule has 1 aromatic heterocycles. The minimum atomic E-state index is -0.282. The molecule has 1 saturated heterocycles. The lowest BCUT2D eigenvalue weighted by Crippen LogP contribution is -2.53. The molecular formula is C12H20N4O3. The lowest BCUT2D eigenvalue weighted by atomic mass is 10.2. The van der Waals surface area contributed by atoms with Gasteiger partial charge in [-0.25, -0.2) is 4.98 Å². The highest BCUT2D eigenvalue weighted by molar-refractivity contribution is 5.82. The first-order valence-corrected chi connectivity index (χ1v) is 6.38. The summed E-state index contributed by atoms with van der Waals surface area (Å²) in [6.45, 7) is 2.39. The Labute approximate surface area is 112 Å². The zero-order valence-corrected chi connectivity index (χ0v) is 11.1. The van der Waals surface area contributed by atoms with Gasteiger partial charge in [0.25, 0.3) is 0 Å². The first kappa shape index (κ1) is 14.0. The van der Waals surface area contributed by atoms with Crippen LogP contribution in [-0.2, 0) is 16.1 Å². The van der Waals surface area contributed by atoms with Gasteiger partial charge >= 0.3 is 0 Å². The molecule has 7 heteroatoms. The van der Waals surface area contributed by atoms with E-state index in [4.69, 9.17) is 9.84 Å². The summed E-state index contributed by atoms with van der Waals surface area (Å²) in [5, 5.41) is 9.11. The number of likely N-dealkylation sites (N-methyl/N-ethyl adjacent to an activating group) is 1. The maximum Gasteiger partial charge on any atom is 0.242 e. The van der Waals surface area contributed by atoms with E-state index < -0.39 is 0 Å². The average molecular weight is 268 g/mol. The van der Waals surface area contributed by atoms with Crippen LogP contribution in [0.2, 0.25) is 0 Å². The molecule has 0 radical (unpaired) electrons. The third kappa shape index (κ3) is 3.52. The number of nitrogens with zero attached hydrogens (tertiary/aromatic N) is 3. The molecule has 0 spiro atoms. The van der Waals surface area contributed by atoms with E-state index in [1.165, 1.54) is 0 Å². The number of carbonyl (C=O) groups is 1. The Hall–Kier alpha value is -1.44. The van der Waals surface area contributed by atoms with E-state index in [0.717, 1.165) is 6.54 Å². The van der Waals surface area contributed by atoms with E-state index in [0.29, 0.717) is 32.1 Å². The quantitative estimate of drug-likeness (QED) is 0.720. The van der Waals surface area contributed by atoms with Gasteiger partial charge in [-0.3, -0.25) is 9.69 Å². The van der Waals surface area contributed by atoms with Crippen LogP contribution in [0.25, 0.3) is 0 Å². The van der Waals surface area contributed by atoms with Crippen LogP contribution in [0, 0.1) is 0 Å². The Morgan fingerprint density at radius 3 is 3.21 bits per heavy atom. The van der Waals surface area contributed by atoms with Crippen molar-refractivity contribution in [2.24, 2.45) is 0 Å². The molecule has 1 aliphatic heterocycles. The largest absolute Gasteiger partial charge is 0.395 e. The standard InChI is InChI=1S/C12H20N4O3/c1-15-5-7-19-9-10(15)12(18)16(4-6-17)8-11-13-2-3-14-11/h2-3,10,17H,4-9H2,1H3,(H,13,14)/t10-/m0/s1. The molecule has 106 valence electrons. The van der Waals surface area contributed by atoms with Crippen molar-refractivity contribution in [1.82, 2.24) is 19.8 Å². The molecule has 1 atom stereocenters. The van der Waals surface area contributed by atoms with Crippen molar-refractivity contribution >= 4 is 5.91 Å². The lowest BCUT2D eigenvalue weighted by molar-refractivity contribution is -0.143. The van der Waals surface area contributed by atoms with Crippen molar-refractivity contribution < 1.29 is 14.6 Å². The molecule has 0 saturated carbocycles. The fourth-order valence-electron chi connectivity index (χ4n) is 2.11. The van der Waals surface area contributed by atoms with Gasteiger partial charge in [-0.05, 0) is 7.05 Å². The SMILES string of the molecule is CN1CCOC[C@H]1C(=O)N(CCO)Cc1ncc[nH]1. The summed E-state index contributed by atoms with van der Waals surface area (Å²) in [5.41, 5.74) is 0. The second kappa shape index (κ2) is 6.65. The van der Waals surface area contributed by atoms with Gasteiger partial charge in [-0.15, -0.1) is 0 Å². The fourth-order valence-corrected chi connectivity index (χ4v) is 2.11. The molecular weight excluding hydrogens is 248 g/mol. The summed E-state index contributed by atoms with van der Waals surface area (Å²) in [6, 6.07) is -0.282. The minimum Gasteiger partial charge on any atom is -0.395 e. The van der Waals surface area contributed by atoms with Crippen molar-refractivity contribution in [2.75, 3.05) is 40.0 Å². The smallest absolute Gasteiger partial charge is 0.242 e. The Kier molecular flexibility index (Phi) is 4.89. The molecule has 19 heavy (non-hydrogen) atoms. The lowest BCUT2D eigenvalue weighted by Gasteiger charge is -2.34. The molecule has 7 nitrogen and oxygen atoms in total. The van der Waals surface area contributed by atoms with Gasteiger partial charge < -0.3 is 19.7 Å². The number of hydrogen-bond acceptors (Lipinski definition) is 5. The normalized spacial score (nSPS) is 20.4. The number of ether oxygens (including phenoxy) is 1. The molecule has 0 aliphatic carbocycles. The van der Waals surface area contributed by atoms with Crippen molar-refractivity contribution in [3.8, 4) is 0 Å². The molecule has 1 amide bonds. The third-order valence-electron chi connectivity index (χ3n) is 3.26. The number of carbonyl (C=O) groups excluding carboxylic acids is 1. The average Bonchev–Trinajstić information content (AvgIpc) is 2.91. The van der Waals surface area contributed by atoms with Crippen molar-refractivity contribution in [1.29, 1.82) is 0 Å². The van der Waals surface area contributed by atoms with Crippen molar-refractivity contribution in [3.05, 3.63) is 18.2 Å². The van der Waals surface area contributed by atoms with E-state index in [9.17, 15) is 4.79 Å². The van der Waals surface area contributed by atoms with Gasteiger partial charge in [0, 0.05) is 25.5 Å². The fraction of sp³-hybridized carbons (Fsp3) is 0.667. The number of amides is 1. The minimum absolute atomic E-state index is 0.0346. The molecule has 1 aliphatic rings. The molecule has 1 aromatic rings. The summed E-state index contributed by atoms with van der Waals surface area (Å²) in [4.78, 5) is 23.1. The van der Waals surface area contributed by atoms with E-state index in [-0.39, 0.29) is 18.6 Å². The molecule has 0 bridgehead atoms. The number of aromatic amines is 1. The Morgan fingerprint density at radius 1 is 1.74 bits per heavy atom. The predicted molar refractivity (Wildman–Crippen MR) is 68.3 cm³/mol. The number of rotatable bonds is 5. The number of aliphatic hydroxyl groups excluding tert-OH is 1.